The predicted molar refractivity (Wildman–Crippen MR) is 65.9 cm³/mol. The van der Waals surface area contributed by atoms with E-state index in [1.54, 1.807) is 0 Å². The smallest absolute Gasteiger partial charge is 0.222 e. The molecular weight excluding hydrogens is 208 g/mol. The van der Waals surface area contributed by atoms with E-state index in [1.165, 1.54) is 12.5 Å². The molecule has 1 rings (SSSR count). The maximum absolute atomic E-state index is 10.7. The van der Waals surface area contributed by atoms with Gasteiger partial charge >= 0.3 is 0 Å². The maximum Gasteiger partial charge on any atom is 0.222 e. The Hall–Kier alpha value is -1.42. The summed E-state index contributed by atoms with van der Waals surface area (Å²) < 4.78 is 0. The molecule has 0 saturated heterocycles. The largest absolute Gasteiger partial charge is 0.332 e. The lowest BCUT2D eigenvalue weighted by Gasteiger charge is -2.08. The molecule has 15 heavy (non-hydrogen) atoms. The summed E-state index contributed by atoms with van der Waals surface area (Å²) in [5, 5.41) is 5.75. The number of carbonyl (C=O) groups is 1. The van der Waals surface area contributed by atoms with E-state index in [0.717, 1.165) is 12.1 Å². The van der Waals surface area contributed by atoms with Gasteiger partial charge in [-0.2, -0.15) is 0 Å². The first-order valence-corrected chi connectivity index (χ1v) is 5.20. The number of thiocarbonyl (C=S) groups is 1. The highest BCUT2D eigenvalue weighted by Crippen LogP contribution is 2.09. The fraction of sp³-hybridized carbons (Fsp3) is 0.273. The Labute approximate surface area is 94.9 Å². The van der Waals surface area contributed by atoms with Crippen LogP contribution in [0.4, 0.5) is 5.69 Å². The van der Waals surface area contributed by atoms with Crippen molar-refractivity contribution < 1.29 is 4.79 Å². The van der Waals surface area contributed by atoms with E-state index in [0.29, 0.717) is 5.11 Å². The van der Waals surface area contributed by atoms with Crippen molar-refractivity contribution in [3.8, 4) is 0 Å². The molecule has 0 aromatic heterocycles. The van der Waals surface area contributed by atoms with E-state index in [1.807, 2.05) is 24.3 Å². The molecule has 3 nitrogen and oxygen atoms in total. The number of anilines is 1. The zero-order chi connectivity index (χ0) is 11.3. The lowest BCUT2D eigenvalue weighted by molar-refractivity contribution is -0.117. The molecule has 0 aliphatic heterocycles. The fourth-order valence-corrected chi connectivity index (χ4v) is 1.41. The summed E-state index contributed by atoms with van der Waals surface area (Å²) in [6, 6.07) is 7.93. The average molecular weight is 222 g/mol. The van der Waals surface area contributed by atoms with Crippen molar-refractivity contribution >= 4 is 28.9 Å². The molecule has 0 spiro atoms. The maximum atomic E-state index is 10.7. The van der Waals surface area contributed by atoms with Crippen molar-refractivity contribution in [3.63, 3.8) is 0 Å². The summed E-state index contributed by atoms with van der Waals surface area (Å²) in [4.78, 5) is 10.7. The van der Waals surface area contributed by atoms with Gasteiger partial charge in [-0.3, -0.25) is 4.79 Å². The van der Waals surface area contributed by atoms with E-state index in [9.17, 15) is 4.79 Å². The van der Waals surface area contributed by atoms with Gasteiger partial charge in [-0.25, -0.2) is 0 Å². The Morgan fingerprint density at radius 3 is 2.40 bits per heavy atom. The van der Waals surface area contributed by atoms with Gasteiger partial charge in [0, 0.05) is 12.6 Å². The molecule has 0 atom stereocenters. The Bertz CT molecular complexity index is 359. The average Bonchev–Trinajstić information content (AvgIpc) is 2.17. The predicted octanol–water partition coefficient (Wildman–Crippen LogP) is 2.08. The zero-order valence-electron chi connectivity index (χ0n) is 8.83. The number of nitrogens with one attached hydrogen (secondary N) is 2. The van der Waals surface area contributed by atoms with Gasteiger partial charge in [0.1, 0.15) is 0 Å². The van der Waals surface area contributed by atoms with Crippen molar-refractivity contribution in [2.45, 2.75) is 20.3 Å². The first-order chi connectivity index (χ1) is 7.11. The van der Waals surface area contributed by atoms with Gasteiger partial charge < -0.3 is 10.6 Å². The molecule has 0 radical (unpaired) electrons. The van der Waals surface area contributed by atoms with Crippen molar-refractivity contribution in [1.29, 1.82) is 0 Å². The fourth-order valence-electron chi connectivity index (χ4n) is 1.15. The molecule has 4 heteroatoms. The first-order valence-electron chi connectivity index (χ1n) is 4.79. The summed E-state index contributed by atoms with van der Waals surface area (Å²) >= 11 is 4.93. The van der Waals surface area contributed by atoms with Crippen LogP contribution in [0, 0.1) is 0 Å². The highest BCUT2D eigenvalue weighted by atomic mass is 32.1. The molecule has 0 fully saturated rings. The Morgan fingerprint density at radius 1 is 1.33 bits per heavy atom. The highest BCUT2D eigenvalue weighted by Gasteiger charge is 1.99. The first kappa shape index (κ1) is 11.7. The number of rotatable bonds is 2. The SMILES string of the molecule is CCc1ccc(NC(=S)NC(C)=O)cc1. The lowest BCUT2D eigenvalue weighted by Crippen LogP contribution is -2.32. The van der Waals surface area contributed by atoms with Crippen LogP contribution in [0.2, 0.25) is 0 Å². The van der Waals surface area contributed by atoms with Crippen LogP contribution >= 0.6 is 12.2 Å². The van der Waals surface area contributed by atoms with Crippen LogP contribution in [0.25, 0.3) is 0 Å². The Kier molecular flexibility index (Phi) is 4.24. The van der Waals surface area contributed by atoms with Gasteiger partial charge in [0.15, 0.2) is 5.11 Å². The van der Waals surface area contributed by atoms with E-state index in [2.05, 4.69) is 17.6 Å². The summed E-state index contributed by atoms with van der Waals surface area (Å²) in [5.74, 6) is -0.169. The molecule has 80 valence electrons. The second-order valence-electron chi connectivity index (χ2n) is 3.19. The minimum absolute atomic E-state index is 0.169. The van der Waals surface area contributed by atoms with Crippen LogP contribution in [0.5, 0.6) is 0 Å². The molecule has 1 amide bonds. The minimum atomic E-state index is -0.169. The van der Waals surface area contributed by atoms with E-state index >= 15 is 0 Å². The molecule has 0 unspecified atom stereocenters. The van der Waals surface area contributed by atoms with Crippen LogP contribution in [-0.4, -0.2) is 11.0 Å². The number of amides is 1. The second-order valence-corrected chi connectivity index (χ2v) is 3.59. The minimum Gasteiger partial charge on any atom is -0.332 e. The molecule has 0 aliphatic rings. The van der Waals surface area contributed by atoms with E-state index in [-0.39, 0.29) is 5.91 Å². The summed E-state index contributed by atoms with van der Waals surface area (Å²) in [5.41, 5.74) is 2.15. The molecule has 0 bridgehead atoms. The van der Waals surface area contributed by atoms with Crippen LogP contribution in [-0.2, 0) is 11.2 Å². The third-order valence-corrected chi connectivity index (χ3v) is 2.11. The van der Waals surface area contributed by atoms with Crippen molar-refractivity contribution in [2.75, 3.05) is 5.32 Å². The molecule has 0 aliphatic carbocycles. The molecule has 0 heterocycles. The third-order valence-electron chi connectivity index (χ3n) is 1.91. The number of hydrogen-bond donors (Lipinski definition) is 2. The molecular formula is C11H14N2OS. The van der Waals surface area contributed by atoms with Gasteiger partial charge in [-0.1, -0.05) is 19.1 Å². The van der Waals surface area contributed by atoms with Crippen molar-refractivity contribution in [1.82, 2.24) is 5.32 Å². The standard InChI is InChI=1S/C11H14N2OS/c1-3-9-4-6-10(7-5-9)13-11(15)12-8(2)14/h4-7H,3H2,1-2H3,(H2,12,13,14,15). The van der Waals surface area contributed by atoms with Gasteiger partial charge in [0.25, 0.3) is 0 Å². The molecule has 1 aromatic carbocycles. The van der Waals surface area contributed by atoms with Gasteiger partial charge in [-0.15, -0.1) is 0 Å². The quantitative estimate of drug-likeness (QED) is 0.753. The molecule has 2 N–H and O–H groups in total. The zero-order valence-corrected chi connectivity index (χ0v) is 9.65. The van der Waals surface area contributed by atoms with Crippen LogP contribution in [0.15, 0.2) is 24.3 Å². The third kappa shape index (κ3) is 4.08. The summed E-state index contributed by atoms with van der Waals surface area (Å²) in [6.07, 6.45) is 1.01. The van der Waals surface area contributed by atoms with E-state index < -0.39 is 0 Å². The number of hydrogen-bond acceptors (Lipinski definition) is 2. The summed E-state index contributed by atoms with van der Waals surface area (Å²) in [6.45, 7) is 3.53. The topological polar surface area (TPSA) is 41.1 Å². The molecule has 0 saturated carbocycles. The number of aryl methyl sites for hydroxylation is 1. The lowest BCUT2D eigenvalue weighted by atomic mass is 10.1. The van der Waals surface area contributed by atoms with Crippen LogP contribution < -0.4 is 10.6 Å². The number of carbonyl (C=O) groups excluding carboxylic acids is 1. The van der Waals surface area contributed by atoms with E-state index in [4.69, 9.17) is 12.2 Å². The van der Waals surface area contributed by atoms with Gasteiger partial charge in [0.2, 0.25) is 5.91 Å². The van der Waals surface area contributed by atoms with Crippen molar-refractivity contribution in [3.05, 3.63) is 29.8 Å². The highest BCUT2D eigenvalue weighted by molar-refractivity contribution is 7.80. The second kappa shape index (κ2) is 5.46. The normalized spacial score (nSPS) is 9.47. The van der Waals surface area contributed by atoms with Crippen LogP contribution in [0.3, 0.4) is 0 Å². The van der Waals surface area contributed by atoms with Crippen LogP contribution in [0.1, 0.15) is 19.4 Å². The Morgan fingerprint density at radius 2 is 1.93 bits per heavy atom. The van der Waals surface area contributed by atoms with Gasteiger partial charge in [0.05, 0.1) is 0 Å². The number of benzene rings is 1. The van der Waals surface area contributed by atoms with Crippen molar-refractivity contribution in [2.24, 2.45) is 0 Å². The molecule has 1 aromatic rings. The van der Waals surface area contributed by atoms with Gasteiger partial charge in [-0.05, 0) is 36.3 Å². The Balaban J connectivity index is 2.57. The monoisotopic (exact) mass is 222 g/mol. The summed E-state index contributed by atoms with van der Waals surface area (Å²) in [7, 11) is 0.